The van der Waals surface area contributed by atoms with E-state index in [2.05, 4.69) is 15.0 Å². The minimum Gasteiger partial charge on any atom is -0.326 e. The number of amides is 1. The van der Waals surface area contributed by atoms with Crippen LogP contribution in [0.3, 0.4) is 0 Å². The van der Waals surface area contributed by atoms with Crippen molar-refractivity contribution in [2.24, 2.45) is 0 Å². The van der Waals surface area contributed by atoms with E-state index in [-0.39, 0.29) is 29.2 Å². The monoisotopic (exact) mass is 421 g/mol. The molecule has 0 fully saturated rings. The summed E-state index contributed by atoms with van der Waals surface area (Å²) in [4.78, 5) is 57.9. The first-order chi connectivity index (χ1) is 14.9. The SMILES string of the molecule is Cc1[nH]c(=O)[nH]c(=O)c1N(C(=O)C=O)c1cn(Cc2ccc(F)cc2)c2ncccc12. The third kappa shape index (κ3) is 3.66. The number of aromatic nitrogens is 4. The number of hydrogen-bond donors (Lipinski definition) is 2. The Morgan fingerprint density at radius 2 is 1.94 bits per heavy atom. The third-order valence-corrected chi connectivity index (χ3v) is 4.76. The number of aldehydes is 1. The number of aryl methyl sites for hydroxylation is 1. The zero-order chi connectivity index (χ0) is 22.1. The number of carbonyl (C=O) groups is 2. The van der Waals surface area contributed by atoms with Gasteiger partial charge in [0.1, 0.15) is 17.2 Å². The number of anilines is 2. The largest absolute Gasteiger partial charge is 0.326 e. The maximum atomic E-state index is 13.3. The summed E-state index contributed by atoms with van der Waals surface area (Å²) in [6, 6.07) is 9.26. The number of H-pyrrole nitrogens is 2. The number of rotatable bonds is 5. The number of aromatic amines is 2. The Morgan fingerprint density at radius 1 is 1.19 bits per heavy atom. The lowest BCUT2D eigenvalue weighted by Gasteiger charge is -2.20. The van der Waals surface area contributed by atoms with Crippen LogP contribution in [0.4, 0.5) is 15.8 Å². The summed E-state index contributed by atoms with van der Waals surface area (Å²) in [5, 5.41) is 0.504. The molecule has 1 amide bonds. The molecule has 0 saturated heterocycles. The van der Waals surface area contributed by atoms with Gasteiger partial charge < -0.3 is 9.55 Å². The van der Waals surface area contributed by atoms with Gasteiger partial charge in [-0.1, -0.05) is 12.1 Å². The van der Waals surface area contributed by atoms with Crippen molar-refractivity contribution in [3.05, 3.63) is 86.7 Å². The smallest absolute Gasteiger partial charge is 0.326 e. The van der Waals surface area contributed by atoms with E-state index in [9.17, 15) is 23.6 Å². The van der Waals surface area contributed by atoms with Crippen LogP contribution in [0, 0.1) is 12.7 Å². The molecule has 0 spiro atoms. The van der Waals surface area contributed by atoms with Crippen molar-refractivity contribution >= 4 is 34.6 Å². The minimum atomic E-state index is -0.995. The fraction of sp³-hybridized carbons (Fsp3) is 0.0952. The highest BCUT2D eigenvalue weighted by atomic mass is 19.1. The summed E-state index contributed by atoms with van der Waals surface area (Å²) in [6.45, 7) is 1.75. The molecule has 4 rings (SSSR count). The standard InChI is InChI=1S/C21H16FN5O4/c1-12-18(20(30)25-21(31)24-12)27(17(29)11-28)16-10-26(19-15(16)3-2-8-23-19)9-13-4-6-14(22)7-5-13/h2-8,10-11H,9H2,1H3,(H2,24,25,30,31). The first-order valence-corrected chi connectivity index (χ1v) is 9.20. The zero-order valence-corrected chi connectivity index (χ0v) is 16.3. The van der Waals surface area contributed by atoms with Crippen molar-refractivity contribution in [3.63, 3.8) is 0 Å². The molecule has 9 nitrogen and oxygen atoms in total. The normalized spacial score (nSPS) is 10.9. The Bertz CT molecular complexity index is 1420. The number of nitrogens with zero attached hydrogens (tertiary/aromatic N) is 3. The average Bonchev–Trinajstić information content (AvgIpc) is 3.10. The number of carbonyl (C=O) groups excluding carboxylic acids is 2. The van der Waals surface area contributed by atoms with E-state index in [1.807, 2.05) is 0 Å². The Kier molecular flexibility index (Phi) is 5.04. The molecular formula is C21H16FN5O4. The number of hydrogen-bond acceptors (Lipinski definition) is 5. The first-order valence-electron chi connectivity index (χ1n) is 9.20. The minimum absolute atomic E-state index is 0.0868. The molecule has 10 heteroatoms. The molecule has 2 N–H and O–H groups in total. The van der Waals surface area contributed by atoms with Gasteiger partial charge in [0.25, 0.3) is 11.5 Å². The van der Waals surface area contributed by atoms with Gasteiger partial charge in [-0.2, -0.15) is 0 Å². The second-order valence-corrected chi connectivity index (χ2v) is 6.82. The summed E-state index contributed by atoms with van der Waals surface area (Å²) in [5.74, 6) is -1.36. The molecule has 3 aromatic heterocycles. The molecule has 4 aromatic rings. The molecule has 31 heavy (non-hydrogen) atoms. The topological polar surface area (TPSA) is 121 Å². The van der Waals surface area contributed by atoms with Crippen LogP contribution in [0.25, 0.3) is 11.0 Å². The van der Waals surface area contributed by atoms with Gasteiger partial charge in [-0.25, -0.2) is 14.2 Å². The lowest BCUT2D eigenvalue weighted by molar-refractivity contribution is -0.129. The second-order valence-electron chi connectivity index (χ2n) is 6.82. The highest BCUT2D eigenvalue weighted by Crippen LogP contribution is 2.33. The van der Waals surface area contributed by atoms with Crippen LogP contribution in [-0.4, -0.2) is 31.7 Å². The van der Waals surface area contributed by atoms with Crippen molar-refractivity contribution in [3.8, 4) is 0 Å². The summed E-state index contributed by atoms with van der Waals surface area (Å²) in [7, 11) is 0. The maximum Gasteiger partial charge on any atom is 0.326 e. The van der Waals surface area contributed by atoms with Crippen LogP contribution in [0.2, 0.25) is 0 Å². The fourth-order valence-corrected chi connectivity index (χ4v) is 3.45. The first kappa shape index (κ1) is 20.0. The van der Waals surface area contributed by atoms with Gasteiger partial charge in [0, 0.05) is 30.0 Å². The van der Waals surface area contributed by atoms with Crippen LogP contribution in [0.5, 0.6) is 0 Å². The molecule has 1 aromatic carbocycles. The quantitative estimate of drug-likeness (QED) is 0.376. The van der Waals surface area contributed by atoms with Gasteiger partial charge in [-0.3, -0.25) is 24.3 Å². The van der Waals surface area contributed by atoms with Crippen molar-refractivity contribution < 1.29 is 14.0 Å². The van der Waals surface area contributed by atoms with Gasteiger partial charge in [0.2, 0.25) is 6.29 Å². The van der Waals surface area contributed by atoms with E-state index in [0.29, 0.717) is 17.6 Å². The third-order valence-electron chi connectivity index (χ3n) is 4.76. The Hall–Kier alpha value is -4.34. The Labute approximate surface area is 173 Å². The van der Waals surface area contributed by atoms with Gasteiger partial charge >= 0.3 is 5.69 Å². The zero-order valence-electron chi connectivity index (χ0n) is 16.3. The van der Waals surface area contributed by atoms with E-state index >= 15 is 0 Å². The number of pyridine rings is 1. The number of nitrogens with one attached hydrogen (secondary N) is 2. The van der Waals surface area contributed by atoms with Crippen molar-refractivity contribution in [2.75, 3.05) is 4.90 Å². The summed E-state index contributed by atoms with van der Waals surface area (Å²) < 4.78 is 15.0. The van der Waals surface area contributed by atoms with Gasteiger partial charge in [0.15, 0.2) is 0 Å². The van der Waals surface area contributed by atoms with Gasteiger partial charge in [-0.05, 0) is 36.8 Å². The molecule has 0 aliphatic heterocycles. The van der Waals surface area contributed by atoms with Crippen LogP contribution in [-0.2, 0) is 16.1 Å². The predicted molar refractivity (Wildman–Crippen MR) is 111 cm³/mol. The number of fused-ring (bicyclic) bond motifs is 1. The molecule has 3 heterocycles. The van der Waals surface area contributed by atoms with Crippen molar-refractivity contribution in [1.82, 2.24) is 19.5 Å². The van der Waals surface area contributed by atoms with E-state index in [1.165, 1.54) is 19.1 Å². The summed E-state index contributed by atoms with van der Waals surface area (Å²) in [5.41, 5.74) is -0.104. The molecule has 0 aliphatic rings. The summed E-state index contributed by atoms with van der Waals surface area (Å²) >= 11 is 0. The van der Waals surface area contributed by atoms with E-state index in [0.717, 1.165) is 10.5 Å². The van der Waals surface area contributed by atoms with Gasteiger partial charge in [-0.15, -0.1) is 0 Å². The average molecular weight is 421 g/mol. The fourth-order valence-electron chi connectivity index (χ4n) is 3.45. The van der Waals surface area contributed by atoms with Crippen LogP contribution >= 0.6 is 0 Å². The van der Waals surface area contributed by atoms with E-state index in [4.69, 9.17) is 0 Å². The Morgan fingerprint density at radius 3 is 2.61 bits per heavy atom. The molecule has 0 saturated carbocycles. The molecule has 0 bridgehead atoms. The van der Waals surface area contributed by atoms with Gasteiger partial charge in [0.05, 0.1) is 5.69 Å². The molecule has 0 atom stereocenters. The Balaban J connectivity index is 1.93. The lowest BCUT2D eigenvalue weighted by atomic mass is 10.2. The number of benzene rings is 1. The van der Waals surface area contributed by atoms with Crippen LogP contribution in [0.1, 0.15) is 11.3 Å². The van der Waals surface area contributed by atoms with E-state index in [1.54, 1.807) is 41.2 Å². The molecule has 0 unspecified atom stereocenters. The predicted octanol–water partition coefficient (Wildman–Crippen LogP) is 1.77. The highest BCUT2D eigenvalue weighted by molar-refractivity contribution is 6.33. The second kappa shape index (κ2) is 7.82. The van der Waals surface area contributed by atoms with Crippen molar-refractivity contribution in [1.29, 1.82) is 0 Å². The number of halogens is 1. The molecule has 0 radical (unpaired) electrons. The molecule has 0 aliphatic carbocycles. The van der Waals surface area contributed by atoms with Crippen molar-refractivity contribution in [2.45, 2.75) is 13.5 Å². The highest BCUT2D eigenvalue weighted by Gasteiger charge is 2.27. The summed E-state index contributed by atoms with van der Waals surface area (Å²) in [6.07, 6.45) is 3.23. The van der Waals surface area contributed by atoms with E-state index < -0.39 is 17.2 Å². The lowest BCUT2D eigenvalue weighted by Crippen LogP contribution is -2.35. The van der Waals surface area contributed by atoms with Crippen LogP contribution < -0.4 is 16.1 Å². The maximum absolute atomic E-state index is 13.3. The van der Waals surface area contributed by atoms with Crippen LogP contribution in [0.15, 0.2) is 58.4 Å². The molecular weight excluding hydrogens is 405 g/mol. The molecule has 156 valence electrons.